The highest BCUT2D eigenvalue weighted by Gasteiger charge is 2.54. The van der Waals surface area contributed by atoms with Crippen LogP contribution in [0.15, 0.2) is 22.8 Å². The second-order valence-electron chi connectivity index (χ2n) is 5.39. The summed E-state index contributed by atoms with van der Waals surface area (Å²) in [6, 6.07) is 3.53. The van der Waals surface area contributed by atoms with E-state index in [0.717, 1.165) is 30.2 Å². The average molecular weight is 356 g/mol. The van der Waals surface area contributed by atoms with Crippen LogP contribution >= 0.6 is 15.9 Å². The number of carbonyl (C=O) groups is 2. The van der Waals surface area contributed by atoms with E-state index in [1.165, 1.54) is 7.11 Å². The quantitative estimate of drug-likeness (QED) is 0.649. The summed E-state index contributed by atoms with van der Waals surface area (Å²) in [5.74, 6) is -1.99. The Bertz CT molecular complexity index is 525. The highest BCUT2D eigenvalue weighted by molar-refractivity contribution is 9.10. The van der Waals surface area contributed by atoms with E-state index in [9.17, 15) is 14.7 Å². The number of pyridine rings is 1. The molecular formula is C15H18BrNO4. The Labute approximate surface area is 131 Å². The number of carboxylic acid groups (broad SMARTS) is 1. The first kappa shape index (κ1) is 15.9. The van der Waals surface area contributed by atoms with Gasteiger partial charge < -0.3 is 9.84 Å². The minimum atomic E-state index is -1.54. The summed E-state index contributed by atoms with van der Waals surface area (Å²) in [5.41, 5.74) is -0.954. The van der Waals surface area contributed by atoms with Crippen LogP contribution in [0.25, 0.3) is 0 Å². The fourth-order valence-electron chi connectivity index (χ4n) is 3.12. The number of aliphatic carboxylic acids is 1. The molecule has 1 aliphatic carbocycles. The first-order valence-corrected chi connectivity index (χ1v) is 7.72. The predicted molar refractivity (Wildman–Crippen MR) is 79.7 cm³/mol. The molecular weight excluding hydrogens is 338 g/mol. The van der Waals surface area contributed by atoms with E-state index >= 15 is 0 Å². The summed E-state index contributed by atoms with van der Waals surface area (Å²) >= 11 is 3.29. The number of methoxy groups -OCH3 is 1. The van der Waals surface area contributed by atoms with Crippen molar-refractivity contribution in [3.05, 3.63) is 28.5 Å². The summed E-state index contributed by atoms with van der Waals surface area (Å²) in [6.45, 7) is 0. The van der Waals surface area contributed by atoms with E-state index in [2.05, 4.69) is 20.9 Å². The lowest BCUT2D eigenvalue weighted by atomic mass is 9.71. The fourth-order valence-corrected chi connectivity index (χ4v) is 3.35. The number of hydrogen-bond acceptors (Lipinski definition) is 4. The zero-order chi connectivity index (χ0) is 15.5. The monoisotopic (exact) mass is 355 g/mol. The van der Waals surface area contributed by atoms with Crippen LogP contribution < -0.4 is 0 Å². The minimum Gasteiger partial charge on any atom is -0.480 e. The van der Waals surface area contributed by atoms with Gasteiger partial charge in [-0.15, -0.1) is 0 Å². The Hall–Kier alpha value is -1.43. The maximum atomic E-state index is 12.3. The molecule has 21 heavy (non-hydrogen) atoms. The van der Waals surface area contributed by atoms with Crippen molar-refractivity contribution in [2.75, 3.05) is 7.11 Å². The number of carbonyl (C=O) groups excluding carboxylic acids is 1. The van der Waals surface area contributed by atoms with Crippen LogP contribution in [0.3, 0.4) is 0 Å². The Morgan fingerprint density at radius 3 is 2.57 bits per heavy atom. The summed E-state index contributed by atoms with van der Waals surface area (Å²) in [5, 5.41) is 9.76. The Morgan fingerprint density at radius 1 is 1.43 bits per heavy atom. The van der Waals surface area contributed by atoms with Gasteiger partial charge in [-0.1, -0.05) is 12.8 Å². The number of carboxylic acids is 1. The number of nitrogens with zero attached hydrogens (tertiary/aromatic N) is 1. The Balaban J connectivity index is 2.40. The van der Waals surface area contributed by atoms with Crippen molar-refractivity contribution in [1.82, 2.24) is 4.98 Å². The molecule has 1 N–H and O–H groups in total. The van der Waals surface area contributed by atoms with Gasteiger partial charge in [-0.2, -0.15) is 0 Å². The van der Waals surface area contributed by atoms with Crippen molar-refractivity contribution >= 4 is 27.9 Å². The van der Waals surface area contributed by atoms with E-state index in [1.807, 2.05) is 0 Å². The van der Waals surface area contributed by atoms with Gasteiger partial charge in [0, 0.05) is 22.8 Å². The molecule has 0 aromatic carbocycles. The van der Waals surface area contributed by atoms with Gasteiger partial charge in [-0.05, 0) is 46.8 Å². The number of esters is 1. The van der Waals surface area contributed by atoms with Gasteiger partial charge in [0.1, 0.15) is 0 Å². The van der Waals surface area contributed by atoms with E-state index in [0.29, 0.717) is 5.69 Å². The Kier molecular flexibility index (Phi) is 4.98. The number of halogens is 1. The molecule has 1 atom stereocenters. The van der Waals surface area contributed by atoms with Crippen LogP contribution in [0.2, 0.25) is 0 Å². The first-order valence-electron chi connectivity index (χ1n) is 6.93. The Morgan fingerprint density at radius 2 is 2.10 bits per heavy atom. The molecule has 1 heterocycles. The lowest BCUT2D eigenvalue weighted by Crippen LogP contribution is -2.47. The molecule has 114 valence electrons. The van der Waals surface area contributed by atoms with Crippen LogP contribution in [-0.4, -0.2) is 29.1 Å². The second-order valence-corrected chi connectivity index (χ2v) is 6.31. The van der Waals surface area contributed by atoms with E-state index in [4.69, 9.17) is 4.74 Å². The largest absolute Gasteiger partial charge is 0.480 e. The molecule has 1 aromatic heterocycles. The van der Waals surface area contributed by atoms with Crippen molar-refractivity contribution in [2.24, 2.45) is 11.3 Å². The molecule has 2 rings (SSSR count). The van der Waals surface area contributed by atoms with E-state index in [-0.39, 0.29) is 12.3 Å². The molecule has 1 saturated carbocycles. The smallest absolute Gasteiger partial charge is 0.323 e. The number of rotatable bonds is 5. The van der Waals surface area contributed by atoms with Gasteiger partial charge in [0.15, 0.2) is 5.41 Å². The lowest BCUT2D eigenvalue weighted by molar-refractivity contribution is -0.171. The molecule has 0 bridgehead atoms. The van der Waals surface area contributed by atoms with Crippen molar-refractivity contribution in [2.45, 2.75) is 32.1 Å². The lowest BCUT2D eigenvalue weighted by Gasteiger charge is -2.32. The molecule has 5 nitrogen and oxygen atoms in total. The van der Waals surface area contributed by atoms with Gasteiger partial charge >= 0.3 is 11.9 Å². The molecule has 1 fully saturated rings. The summed E-state index contributed by atoms with van der Waals surface area (Å²) < 4.78 is 5.64. The predicted octanol–water partition coefficient (Wildman–Crippen LogP) is 2.82. The molecule has 1 aromatic rings. The molecule has 0 radical (unpaired) electrons. The van der Waals surface area contributed by atoms with Gasteiger partial charge in [-0.3, -0.25) is 14.6 Å². The normalized spacial score (nSPS) is 18.2. The van der Waals surface area contributed by atoms with E-state index in [1.54, 1.807) is 18.3 Å². The standard InChI is InChI=1S/C15H18BrNO4/c1-21-14(20)15(13(18)19,10-4-2-3-5-10)8-12-7-6-11(16)9-17-12/h6-7,9-10H,2-5,8H2,1H3,(H,18,19). The van der Waals surface area contributed by atoms with Gasteiger partial charge in [-0.25, -0.2) is 0 Å². The highest BCUT2D eigenvalue weighted by Crippen LogP contribution is 2.43. The number of ether oxygens (including phenoxy) is 1. The van der Waals surface area contributed by atoms with Crippen molar-refractivity contribution in [3.63, 3.8) is 0 Å². The van der Waals surface area contributed by atoms with Crippen molar-refractivity contribution in [1.29, 1.82) is 0 Å². The third-order valence-electron chi connectivity index (χ3n) is 4.23. The summed E-state index contributed by atoms with van der Waals surface area (Å²) in [4.78, 5) is 28.5. The topological polar surface area (TPSA) is 76.5 Å². The third-order valence-corrected chi connectivity index (χ3v) is 4.70. The van der Waals surface area contributed by atoms with Gasteiger partial charge in [0.25, 0.3) is 0 Å². The zero-order valence-electron chi connectivity index (χ0n) is 11.8. The molecule has 1 unspecified atom stereocenters. The molecule has 0 spiro atoms. The molecule has 0 aliphatic heterocycles. The van der Waals surface area contributed by atoms with Gasteiger partial charge in [0.2, 0.25) is 0 Å². The zero-order valence-corrected chi connectivity index (χ0v) is 13.4. The second kappa shape index (κ2) is 6.56. The summed E-state index contributed by atoms with van der Waals surface area (Å²) in [7, 11) is 1.24. The van der Waals surface area contributed by atoms with Crippen LogP contribution in [-0.2, 0) is 20.7 Å². The minimum absolute atomic E-state index is 0.0625. The van der Waals surface area contributed by atoms with E-state index < -0.39 is 17.4 Å². The maximum Gasteiger partial charge on any atom is 0.323 e. The van der Waals surface area contributed by atoms with Crippen LogP contribution in [0.5, 0.6) is 0 Å². The highest BCUT2D eigenvalue weighted by atomic mass is 79.9. The SMILES string of the molecule is COC(=O)C(Cc1ccc(Br)cn1)(C(=O)O)C1CCCC1. The average Bonchev–Trinajstić information content (AvgIpc) is 3.00. The third kappa shape index (κ3) is 3.10. The molecule has 0 amide bonds. The maximum absolute atomic E-state index is 12.3. The summed E-state index contributed by atoms with van der Waals surface area (Å²) in [6.07, 6.45) is 5.03. The van der Waals surface area contributed by atoms with Crippen molar-refractivity contribution < 1.29 is 19.4 Å². The number of aromatic nitrogens is 1. The molecule has 0 saturated heterocycles. The van der Waals surface area contributed by atoms with Crippen LogP contribution in [0.1, 0.15) is 31.4 Å². The molecule has 6 heteroatoms. The number of hydrogen-bond donors (Lipinski definition) is 1. The van der Waals surface area contributed by atoms with Crippen LogP contribution in [0, 0.1) is 11.3 Å². The molecule has 1 aliphatic rings. The van der Waals surface area contributed by atoms with Crippen LogP contribution in [0.4, 0.5) is 0 Å². The van der Waals surface area contributed by atoms with Crippen molar-refractivity contribution in [3.8, 4) is 0 Å². The van der Waals surface area contributed by atoms with Gasteiger partial charge in [0.05, 0.1) is 7.11 Å². The fraction of sp³-hybridized carbons (Fsp3) is 0.533. The first-order chi connectivity index (χ1) is 10.0.